The first-order valence-corrected chi connectivity index (χ1v) is 6.21. The molecule has 6 nitrogen and oxygen atoms in total. The van der Waals surface area contributed by atoms with E-state index in [1.807, 2.05) is 0 Å². The number of carbonyl (C=O) groups excluding carboxylic acids is 1. The molecule has 106 valence electrons. The highest BCUT2D eigenvalue weighted by atomic mass is 16.5. The summed E-state index contributed by atoms with van der Waals surface area (Å²) in [5.74, 6) is 0.912. The van der Waals surface area contributed by atoms with E-state index in [4.69, 9.17) is 14.3 Å². The smallest absolute Gasteiger partial charge is 0.261 e. The van der Waals surface area contributed by atoms with Crippen LogP contribution in [0.15, 0.2) is 41.1 Å². The van der Waals surface area contributed by atoms with Crippen LogP contribution in [0.4, 0.5) is 0 Å². The van der Waals surface area contributed by atoms with E-state index in [2.05, 4.69) is 10.3 Å². The quantitative estimate of drug-likeness (QED) is 0.829. The zero-order valence-electron chi connectivity index (χ0n) is 11.1. The molecule has 0 radical (unpaired) electrons. The third-order valence-electron chi connectivity index (χ3n) is 2.66. The largest absolute Gasteiger partial charge is 0.479 e. The van der Waals surface area contributed by atoms with Crippen LogP contribution in [0, 0.1) is 0 Å². The number of aliphatic hydroxyl groups excluding tert-OH is 1. The summed E-state index contributed by atoms with van der Waals surface area (Å²) in [6.07, 6.45) is 2.38. The standard InChI is InChI=1S/C14H16N2O4/c1-10(14(18)16-7-12-3-2-6-19-12)20-13-5-4-11(9-17)15-8-13/h2-6,8,10,17H,7,9H2,1H3,(H,16,18). The van der Waals surface area contributed by atoms with Crippen LogP contribution >= 0.6 is 0 Å². The molecule has 0 saturated heterocycles. The molecule has 1 unspecified atom stereocenters. The molecule has 2 aromatic heterocycles. The molecular formula is C14H16N2O4. The maximum Gasteiger partial charge on any atom is 0.261 e. The Bertz CT molecular complexity index is 537. The number of amides is 1. The first-order valence-electron chi connectivity index (χ1n) is 6.21. The molecule has 20 heavy (non-hydrogen) atoms. The molecule has 2 heterocycles. The number of hydrogen-bond donors (Lipinski definition) is 2. The van der Waals surface area contributed by atoms with E-state index in [9.17, 15) is 4.79 Å². The van der Waals surface area contributed by atoms with Crippen molar-refractivity contribution >= 4 is 5.91 Å². The summed E-state index contributed by atoms with van der Waals surface area (Å²) >= 11 is 0. The lowest BCUT2D eigenvalue weighted by Crippen LogP contribution is -2.35. The highest BCUT2D eigenvalue weighted by Crippen LogP contribution is 2.11. The number of nitrogens with zero attached hydrogens (tertiary/aromatic N) is 1. The van der Waals surface area contributed by atoms with Crippen molar-refractivity contribution in [3.63, 3.8) is 0 Å². The fourth-order valence-electron chi connectivity index (χ4n) is 1.56. The Morgan fingerprint density at radius 1 is 1.50 bits per heavy atom. The van der Waals surface area contributed by atoms with E-state index in [0.717, 1.165) is 0 Å². The predicted molar refractivity (Wildman–Crippen MR) is 70.8 cm³/mol. The normalized spacial score (nSPS) is 11.9. The zero-order valence-corrected chi connectivity index (χ0v) is 11.1. The summed E-state index contributed by atoms with van der Waals surface area (Å²) in [6, 6.07) is 6.84. The summed E-state index contributed by atoms with van der Waals surface area (Å²) in [6.45, 7) is 1.85. The molecule has 0 aliphatic heterocycles. The van der Waals surface area contributed by atoms with E-state index in [1.54, 1.807) is 37.5 Å². The Morgan fingerprint density at radius 2 is 2.35 bits per heavy atom. The van der Waals surface area contributed by atoms with Gasteiger partial charge in [-0.15, -0.1) is 0 Å². The van der Waals surface area contributed by atoms with Gasteiger partial charge < -0.3 is 19.6 Å². The van der Waals surface area contributed by atoms with Gasteiger partial charge in [0, 0.05) is 0 Å². The SMILES string of the molecule is CC(Oc1ccc(CO)nc1)C(=O)NCc1ccco1. The minimum Gasteiger partial charge on any atom is -0.479 e. The minimum absolute atomic E-state index is 0.126. The lowest BCUT2D eigenvalue weighted by molar-refractivity contribution is -0.127. The average Bonchev–Trinajstić information content (AvgIpc) is 2.98. The van der Waals surface area contributed by atoms with Crippen LogP contribution in [0.25, 0.3) is 0 Å². The lowest BCUT2D eigenvalue weighted by Gasteiger charge is -2.14. The Labute approximate surface area is 116 Å². The van der Waals surface area contributed by atoms with E-state index in [-0.39, 0.29) is 12.5 Å². The molecule has 0 spiro atoms. The van der Waals surface area contributed by atoms with Crippen molar-refractivity contribution < 1.29 is 19.1 Å². The molecule has 0 bridgehead atoms. The first kappa shape index (κ1) is 14.1. The highest BCUT2D eigenvalue weighted by Gasteiger charge is 2.14. The molecule has 6 heteroatoms. The maximum absolute atomic E-state index is 11.8. The third kappa shape index (κ3) is 3.83. The molecule has 0 aromatic carbocycles. The van der Waals surface area contributed by atoms with Gasteiger partial charge in [-0.3, -0.25) is 9.78 Å². The topological polar surface area (TPSA) is 84.6 Å². The maximum atomic E-state index is 11.8. The number of hydrogen-bond acceptors (Lipinski definition) is 5. The van der Waals surface area contributed by atoms with Gasteiger partial charge in [0.2, 0.25) is 0 Å². The second-order valence-corrected chi connectivity index (χ2v) is 4.20. The summed E-state index contributed by atoms with van der Waals surface area (Å²) in [5, 5.41) is 11.6. The van der Waals surface area contributed by atoms with Gasteiger partial charge in [0.25, 0.3) is 5.91 Å². The lowest BCUT2D eigenvalue weighted by atomic mass is 10.3. The summed E-state index contributed by atoms with van der Waals surface area (Å²) in [5.41, 5.74) is 0.548. The molecule has 0 aliphatic rings. The number of aliphatic hydroxyl groups is 1. The number of nitrogens with one attached hydrogen (secondary N) is 1. The molecule has 0 fully saturated rings. The van der Waals surface area contributed by atoms with Gasteiger partial charge in [0.1, 0.15) is 11.5 Å². The molecule has 0 saturated carbocycles. The fourth-order valence-corrected chi connectivity index (χ4v) is 1.56. The average molecular weight is 276 g/mol. The monoisotopic (exact) mass is 276 g/mol. The van der Waals surface area contributed by atoms with Crippen LogP contribution in [0.1, 0.15) is 18.4 Å². The first-order chi connectivity index (χ1) is 9.69. The van der Waals surface area contributed by atoms with E-state index in [1.165, 1.54) is 6.20 Å². The van der Waals surface area contributed by atoms with E-state index in [0.29, 0.717) is 23.7 Å². The van der Waals surface area contributed by atoms with Crippen molar-refractivity contribution in [1.29, 1.82) is 0 Å². The predicted octanol–water partition coefficient (Wildman–Crippen LogP) is 1.25. The molecule has 2 N–H and O–H groups in total. The van der Waals surface area contributed by atoms with Gasteiger partial charge in [0.15, 0.2) is 6.10 Å². The van der Waals surface area contributed by atoms with Crippen LogP contribution in [0.3, 0.4) is 0 Å². The van der Waals surface area contributed by atoms with Crippen LogP contribution in [0.2, 0.25) is 0 Å². The third-order valence-corrected chi connectivity index (χ3v) is 2.66. The zero-order chi connectivity index (χ0) is 14.4. The number of furan rings is 1. The Kier molecular flexibility index (Phi) is 4.73. The number of pyridine rings is 1. The molecular weight excluding hydrogens is 260 g/mol. The Balaban J connectivity index is 1.83. The van der Waals surface area contributed by atoms with Crippen molar-refractivity contribution in [2.45, 2.75) is 26.2 Å². The Hall–Kier alpha value is -2.34. The van der Waals surface area contributed by atoms with Gasteiger partial charge in [-0.2, -0.15) is 0 Å². The second kappa shape index (κ2) is 6.72. The fraction of sp³-hybridized carbons (Fsp3) is 0.286. The molecule has 2 aromatic rings. The van der Waals surface area contributed by atoms with Gasteiger partial charge in [-0.1, -0.05) is 0 Å². The van der Waals surface area contributed by atoms with Crippen molar-refractivity contribution in [3.8, 4) is 5.75 Å². The van der Waals surface area contributed by atoms with Gasteiger partial charge in [-0.25, -0.2) is 0 Å². The number of rotatable bonds is 6. The minimum atomic E-state index is -0.647. The Morgan fingerprint density at radius 3 is 2.95 bits per heavy atom. The number of carbonyl (C=O) groups is 1. The van der Waals surface area contributed by atoms with Crippen LogP contribution in [-0.4, -0.2) is 22.1 Å². The molecule has 0 aliphatic carbocycles. The van der Waals surface area contributed by atoms with Crippen molar-refractivity contribution in [1.82, 2.24) is 10.3 Å². The summed E-state index contributed by atoms with van der Waals surface area (Å²) in [7, 11) is 0. The van der Waals surface area contributed by atoms with Crippen LogP contribution in [0.5, 0.6) is 5.75 Å². The summed E-state index contributed by atoms with van der Waals surface area (Å²) < 4.78 is 10.6. The van der Waals surface area contributed by atoms with Gasteiger partial charge >= 0.3 is 0 Å². The number of ether oxygens (including phenoxy) is 1. The van der Waals surface area contributed by atoms with Crippen molar-refractivity contribution in [3.05, 3.63) is 48.2 Å². The van der Waals surface area contributed by atoms with E-state index >= 15 is 0 Å². The second-order valence-electron chi connectivity index (χ2n) is 4.20. The number of aromatic nitrogens is 1. The van der Waals surface area contributed by atoms with E-state index < -0.39 is 6.10 Å². The van der Waals surface area contributed by atoms with Crippen LogP contribution < -0.4 is 10.1 Å². The van der Waals surface area contributed by atoms with Crippen molar-refractivity contribution in [2.75, 3.05) is 0 Å². The highest BCUT2D eigenvalue weighted by molar-refractivity contribution is 5.80. The van der Waals surface area contributed by atoms with Crippen molar-refractivity contribution in [2.24, 2.45) is 0 Å². The van der Waals surface area contributed by atoms with Gasteiger partial charge in [0.05, 0.1) is 31.3 Å². The van der Waals surface area contributed by atoms with Gasteiger partial charge in [-0.05, 0) is 31.2 Å². The molecule has 2 rings (SSSR count). The molecule has 1 atom stereocenters. The molecule has 1 amide bonds. The summed E-state index contributed by atoms with van der Waals surface area (Å²) in [4.78, 5) is 15.8. The van der Waals surface area contributed by atoms with Crippen LogP contribution in [-0.2, 0) is 17.9 Å².